The Morgan fingerprint density at radius 2 is 2.15 bits per heavy atom. The van der Waals surface area contributed by atoms with Gasteiger partial charge in [-0.05, 0) is 43.2 Å². The zero-order chi connectivity index (χ0) is 14.1. The third kappa shape index (κ3) is 2.45. The molecule has 3 rings (SSSR count). The lowest BCUT2D eigenvalue weighted by Crippen LogP contribution is -2.40. The predicted octanol–water partition coefficient (Wildman–Crippen LogP) is 3.21. The van der Waals surface area contributed by atoms with E-state index in [9.17, 15) is 4.79 Å². The summed E-state index contributed by atoms with van der Waals surface area (Å²) in [4.78, 5) is 14.5. The minimum atomic E-state index is 0.251. The number of carbonyl (C=O) groups is 1. The average molecular weight is 270 g/mol. The van der Waals surface area contributed by atoms with Crippen molar-refractivity contribution in [1.82, 2.24) is 9.47 Å². The maximum Gasteiger partial charge on any atom is 0.242 e. The quantitative estimate of drug-likeness (QED) is 0.822. The fourth-order valence-corrected chi connectivity index (χ4v) is 3.21. The van der Waals surface area contributed by atoms with Crippen LogP contribution in [0.2, 0.25) is 0 Å². The van der Waals surface area contributed by atoms with Crippen molar-refractivity contribution < 1.29 is 4.79 Å². The highest BCUT2D eigenvalue weighted by Crippen LogP contribution is 2.20. The SMILES string of the molecule is Cc1cc2ccccc2n1CC(=O)N1CCCC(C)C1. The van der Waals surface area contributed by atoms with Gasteiger partial charge in [-0.2, -0.15) is 0 Å². The van der Waals surface area contributed by atoms with Crippen LogP contribution in [0.4, 0.5) is 0 Å². The lowest BCUT2D eigenvalue weighted by atomic mass is 10.0. The van der Waals surface area contributed by atoms with E-state index in [1.165, 1.54) is 11.8 Å². The summed E-state index contributed by atoms with van der Waals surface area (Å²) in [5.41, 5.74) is 2.31. The maximum absolute atomic E-state index is 12.5. The van der Waals surface area contributed by atoms with Crippen molar-refractivity contribution in [2.45, 2.75) is 33.2 Å². The van der Waals surface area contributed by atoms with Gasteiger partial charge in [-0.25, -0.2) is 0 Å². The molecule has 3 heteroatoms. The van der Waals surface area contributed by atoms with Gasteiger partial charge < -0.3 is 9.47 Å². The van der Waals surface area contributed by atoms with Gasteiger partial charge in [0.2, 0.25) is 5.91 Å². The molecule has 1 atom stereocenters. The molecule has 2 aromatic rings. The van der Waals surface area contributed by atoms with E-state index in [2.05, 4.69) is 36.6 Å². The Morgan fingerprint density at radius 3 is 2.95 bits per heavy atom. The van der Waals surface area contributed by atoms with E-state index in [4.69, 9.17) is 0 Å². The van der Waals surface area contributed by atoms with Crippen molar-refractivity contribution >= 4 is 16.8 Å². The first-order valence-corrected chi connectivity index (χ1v) is 7.48. The average Bonchev–Trinajstić information content (AvgIpc) is 2.75. The summed E-state index contributed by atoms with van der Waals surface area (Å²) < 4.78 is 2.14. The smallest absolute Gasteiger partial charge is 0.242 e. The van der Waals surface area contributed by atoms with Gasteiger partial charge in [-0.15, -0.1) is 0 Å². The number of piperidine rings is 1. The van der Waals surface area contributed by atoms with Crippen molar-refractivity contribution in [2.24, 2.45) is 5.92 Å². The standard InChI is InChI=1S/C17H22N2O/c1-13-6-5-9-18(11-13)17(20)12-19-14(2)10-15-7-3-4-8-16(15)19/h3-4,7-8,10,13H,5-6,9,11-12H2,1-2H3. The Balaban J connectivity index is 1.82. The van der Waals surface area contributed by atoms with Crippen LogP contribution < -0.4 is 0 Å². The van der Waals surface area contributed by atoms with Gasteiger partial charge in [0.05, 0.1) is 0 Å². The van der Waals surface area contributed by atoms with Gasteiger partial charge in [0.1, 0.15) is 6.54 Å². The molecule has 0 bridgehead atoms. The van der Waals surface area contributed by atoms with Crippen LogP contribution in [-0.4, -0.2) is 28.5 Å². The van der Waals surface area contributed by atoms with Crippen LogP contribution in [0.5, 0.6) is 0 Å². The fraction of sp³-hybridized carbons (Fsp3) is 0.471. The molecule has 0 saturated carbocycles. The van der Waals surface area contributed by atoms with E-state index in [-0.39, 0.29) is 5.91 Å². The van der Waals surface area contributed by atoms with Crippen LogP contribution >= 0.6 is 0 Å². The van der Waals surface area contributed by atoms with Gasteiger partial charge in [0, 0.05) is 24.3 Å². The molecule has 0 N–H and O–H groups in total. The first-order chi connectivity index (χ1) is 9.65. The lowest BCUT2D eigenvalue weighted by molar-refractivity contribution is -0.133. The summed E-state index contributed by atoms with van der Waals surface area (Å²) >= 11 is 0. The van der Waals surface area contributed by atoms with Crippen molar-refractivity contribution in [1.29, 1.82) is 0 Å². The molecule has 2 heterocycles. The number of hydrogen-bond donors (Lipinski definition) is 0. The summed E-state index contributed by atoms with van der Waals surface area (Å²) in [7, 11) is 0. The van der Waals surface area contributed by atoms with E-state index >= 15 is 0 Å². The Bertz CT molecular complexity index is 629. The molecule has 1 amide bonds. The van der Waals surface area contributed by atoms with Crippen LogP contribution in [-0.2, 0) is 11.3 Å². The number of hydrogen-bond acceptors (Lipinski definition) is 1. The summed E-state index contributed by atoms with van der Waals surface area (Å²) in [6.45, 7) is 6.60. The number of nitrogens with zero attached hydrogens (tertiary/aromatic N) is 2. The first kappa shape index (κ1) is 13.2. The number of amides is 1. The van der Waals surface area contributed by atoms with Crippen LogP contribution in [0.25, 0.3) is 10.9 Å². The van der Waals surface area contributed by atoms with E-state index in [0.29, 0.717) is 12.5 Å². The van der Waals surface area contributed by atoms with Crippen LogP contribution in [0.1, 0.15) is 25.5 Å². The summed E-state index contributed by atoms with van der Waals surface area (Å²) in [6, 6.07) is 10.4. The van der Waals surface area contributed by atoms with Crippen molar-refractivity contribution in [3.8, 4) is 0 Å². The van der Waals surface area contributed by atoms with Crippen LogP contribution in [0.15, 0.2) is 30.3 Å². The molecule has 1 saturated heterocycles. The highest BCUT2D eigenvalue weighted by atomic mass is 16.2. The zero-order valence-electron chi connectivity index (χ0n) is 12.3. The molecule has 0 aliphatic carbocycles. The van der Waals surface area contributed by atoms with Crippen LogP contribution in [0.3, 0.4) is 0 Å². The summed E-state index contributed by atoms with van der Waals surface area (Å²) in [5.74, 6) is 0.885. The van der Waals surface area contributed by atoms with Crippen molar-refractivity contribution in [2.75, 3.05) is 13.1 Å². The zero-order valence-corrected chi connectivity index (χ0v) is 12.3. The lowest BCUT2D eigenvalue weighted by Gasteiger charge is -2.31. The van der Waals surface area contributed by atoms with Crippen molar-refractivity contribution in [3.63, 3.8) is 0 Å². The highest BCUT2D eigenvalue weighted by Gasteiger charge is 2.21. The van der Waals surface area contributed by atoms with Gasteiger partial charge in [-0.1, -0.05) is 25.1 Å². The van der Waals surface area contributed by atoms with Gasteiger partial charge >= 0.3 is 0 Å². The summed E-state index contributed by atoms with van der Waals surface area (Å²) in [6.07, 6.45) is 2.38. The largest absolute Gasteiger partial charge is 0.341 e. The Kier molecular flexibility index (Phi) is 3.51. The van der Waals surface area contributed by atoms with E-state index in [1.807, 2.05) is 17.0 Å². The minimum Gasteiger partial charge on any atom is -0.341 e. The second-order valence-electron chi connectivity index (χ2n) is 6.02. The molecule has 0 radical (unpaired) electrons. The third-order valence-electron chi connectivity index (χ3n) is 4.32. The number of likely N-dealkylation sites (tertiary alicyclic amines) is 1. The normalized spacial score (nSPS) is 19.5. The van der Waals surface area contributed by atoms with Gasteiger partial charge in [0.15, 0.2) is 0 Å². The maximum atomic E-state index is 12.5. The molecule has 106 valence electrons. The number of benzene rings is 1. The predicted molar refractivity (Wildman–Crippen MR) is 81.7 cm³/mol. The molecular formula is C17H22N2O. The van der Waals surface area contributed by atoms with Crippen molar-refractivity contribution in [3.05, 3.63) is 36.0 Å². The molecule has 1 aromatic carbocycles. The Morgan fingerprint density at radius 1 is 1.35 bits per heavy atom. The monoisotopic (exact) mass is 270 g/mol. The van der Waals surface area contributed by atoms with Gasteiger partial charge in [-0.3, -0.25) is 4.79 Å². The minimum absolute atomic E-state index is 0.251. The molecule has 1 unspecified atom stereocenters. The topological polar surface area (TPSA) is 25.2 Å². The molecule has 3 nitrogen and oxygen atoms in total. The second-order valence-corrected chi connectivity index (χ2v) is 6.02. The molecule has 1 aromatic heterocycles. The molecule has 20 heavy (non-hydrogen) atoms. The fourth-order valence-electron chi connectivity index (χ4n) is 3.21. The third-order valence-corrected chi connectivity index (χ3v) is 4.32. The summed E-state index contributed by atoms with van der Waals surface area (Å²) in [5, 5.41) is 1.21. The number of fused-ring (bicyclic) bond motifs is 1. The number of aromatic nitrogens is 1. The Hall–Kier alpha value is -1.77. The van der Waals surface area contributed by atoms with E-state index < -0.39 is 0 Å². The number of carbonyl (C=O) groups excluding carboxylic acids is 1. The Labute approximate surface area is 120 Å². The number of para-hydroxylation sites is 1. The number of rotatable bonds is 2. The molecule has 1 aliphatic rings. The molecule has 0 spiro atoms. The van der Waals surface area contributed by atoms with Gasteiger partial charge in [0.25, 0.3) is 0 Å². The van der Waals surface area contributed by atoms with Crippen LogP contribution in [0, 0.1) is 12.8 Å². The highest BCUT2D eigenvalue weighted by molar-refractivity contribution is 5.84. The van der Waals surface area contributed by atoms with E-state index in [0.717, 1.165) is 30.7 Å². The first-order valence-electron chi connectivity index (χ1n) is 7.48. The molecular weight excluding hydrogens is 248 g/mol. The second kappa shape index (κ2) is 5.31. The molecule has 1 fully saturated rings. The number of aryl methyl sites for hydroxylation is 1. The molecule has 1 aliphatic heterocycles. The van der Waals surface area contributed by atoms with E-state index in [1.54, 1.807) is 0 Å².